The minimum atomic E-state index is -0.973. The molecule has 0 spiro atoms. The zero-order valence-electron chi connectivity index (χ0n) is 9.73. The van der Waals surface area contributed by atoms with E-state index in [-0.39, 0.29) is 18.4 Å². The Morgan fingerprint density at radius 3 is 2.72 bits per heavy atom. The first-order valence-electron chi connectivity index (χ1n) is 5.84. The van der Waals surface area contributed by atoms with Crippen LogP contribution in [0.3, 0.4) is 0 Å². The topological polar surface area (TPSA) is 66.4 Å². The summed E-state index contributed by atoms with van der Waals surface area (Å²) in [5.74, 6) is -1.95. The van der Waals surface area contributed by atoms with Crippen LogP contribution in [0, 0.1) is 0 Å². The minimum absolute atomic E-state index is 0.0116. The Hall–Kier alpha value is -1.36. The normalized spacial score (nSPS) is 16.1. The van der Waals surface area contributed by atoms with E-state index >= 15 is 0 Å². The largest absolute Gasteiger partial charge is 0.481 e. The van der Waals surface area contributed by atoms with Gasteiger partial charge in [0.25, 0.3) is 0 Å². The highest BCUT2D eigenvalue weighted by atomic mass is 79.9. The van der Waals surface area contributed by atoms with Gasteiger partial charge in [-0.05, 0) is 30.5 Å². The van der Waals surface area contributed by atoms with Gasteiger partial charge in [0, 0.05) is 16.9 Å². The van der Waals surface area contributed by atoms with Crippen LogP contribution in [0.15, 0.2) is 28.7 Å². The molecule has 1 fully saturated rings. The lowest BCUT2D eigenvalue weighted by Gasteiger charge is -2.13. The molecule has 5 heteroatoms. The second-order valence-electron chi connectivity index (χ2n) is 4.49. The van der Waals surface area contributed by atoms with E-state index in [2.05, 4.69) is 21.2 Å². The SMILES string of the molecule is O=C(CC(C(=O)O)c1cccc(Br)c1)NC1CC1. The van der Waals surface area contributed by atoms with Crippen molar-refractivity contribution in [3.63, 3.8) is 0 Å². The van der Waals surface area contributed by atoms with Gasteiger partial charge >= 0.3 is 5.97 Å². The summed E-state index contributed by atoms with van der Waals surface area (Å²) in [7, 11) is 0. The van der Waals surface area contributed by atoms with Crippen LogP contribution in [-0.4, -0.2) is 23.0 Å². The maximum atomic E-state index is 11.7. The van der Waals surface area contributed by atoms with Crippen LogP contribution in [0.2, 0.25) is 0 Å². The van der Waals surface area contributed by atoms with Crippen LogP contribution in [0.25, 0.3) is 0 Å². The van der Waals surface area contributed by atoms with Gasteiger partial charge in [-0.2, -0.15) is 0 Å². The summed E-state index contributed by atoms with van der Waals surface area (Å²) in [6, 6.07) is 7.33. The van der Waals surface area contributed by atoms with Crippen molar-refractivity contribution in [2.75, 3.05) is 0 Å². The second kappa shape index (κ2) is 5.52. The van der Waals surface area contributed by atoms with Crippen LogP contribution in [0.5, 0.6) is 0 Å². The van der Waals surface area contributed by atoms with Crippen molar-refractivity contribution in [1.82, 2.24) is 5.32 Å². The molecule has 1 aliphatic carbocycles. The van der Waals surface area contributed by atoms with Gasteiger partial charge in [0.15, 0.2) is 0 Å². The fourth-order valence-electron chi connectivity index (χ4n) is 1.77. The number of carboxylic acid groups (broad SMARTS) is 1. The summed E-state index contributed by atoms with van der Waals surface area (Å²) in [6.07, 6.45) is 1.99. The monoisotopic (exact) mass is 311 g/mol. The molecule has 1 saturated carbocycles. The van der Waals surface area contributed by atoms with Crippen molar-refractivity contribution in [3.05, 3.63) is 34.3 Å². The fourth-order valence-corrected chi connectivity index (χ4v) is 2.19. The molecule has 2 rings (SSSR count). The average Bonchev–Trinajstić information content (AvgIpc) is 3.09. The highest BCUT2D eigenvalue weighted by Gasteiger charge is 2.27. The summed E-state index contributed by atoms with van der Waals surface area (Å²) in [5, 5.41) is 12.0. The third kappa shape index (κ3) is 3.57. The zero-order chi connectivity index (χ0) is 13.1. The maximum absolute atomic E-state index is 11.7. The van der Waals surface area contributed by atoms with Crippen molar-refractivity contribution in [1.29, 1.82) is 0 Å². The lowest BCUT2D eigenvalue weighted by atomic mass is 9.95. The molecule has 0 radical (unpaired) electrons. The van der Waals surface area contributed by atoms with E-state index in [0.717, 1.165) is 17.3 Å². The van der Waals surface area contributed by atoms with E-state index in [0.29, 0.717) is 5.56 Å². The molecule has 0 aromatic heterocycles. The molecule has 0 aliphatic heterocycles. The van der Waals surface area contributed by atoms with Crippen LogP contribution in [0.1, 0.15) is 30.7 Å². The van der Waals surface area contributed by atoms with Gasteiger partial charge in [0.05, 0.1) is 5.92 Å². The van der Waals surface area contributed by atoms with Crippen LogP contribution < -0.4 is 5.32 Å². The van der Waals surface area contributed by atoms with Gasteiger partial charge in [0.1, 0.15) is 0 Å². The van der Waals surface area contributed by atoms with Gasteiger partial charge < -0.3 is 10.4 Å². The smallest absolute Gasteiger partial charge is 0.311 e. The third-order valence-corrected chi connectivity index (χ3v) is 3.37. The van der Waals surface area contributed by atoms with Crippen molar-refractivity contribution in [2.45, 2.75) is 31.2 Å². The molecule has 0 saturated heterocycles. The molecule has 1 aliphatic rings. The molecule has 96 valence electrons. The molecular weight excluding hydrogens is 298 g/mol. The molecule has 1 unspecified atom stereocenters. The van der Waals surface area contributed by atoms with Gasteiger partial charge in [-0.25, -0.2) is 0 Å². The van der Waals surface area contributed by atoms with Gasteiger partial charge in [-0.1, -0.05) is 28.1 Å². The molecule has 0 heterocycles. The Kier molecular flexibility index (Phi) is 4.01. The first-order chi connectivity index (χ1) is 8.56. The standard InChI is InChI=1S/C13H14BrNO3/c14-9-3-1-2-8(6-9)11(13(17)18)7-12(16)15-10-4-5-10/h1-3,6,10-11H,4-5,7H2,(H,15,16)(H,17,18). The molecule has 18 heavy (non-hydrogen) atoms. The summed E-state index contributed by atoms with van der Waals surface area (Å²) in [5.41, 5.74) is 0.642. The minimum Gasteiger partial charge on any atom is -0.481 e. The Morgan fingerprint density at radius 2 is 2.17 bits per heavy atom. The van der Waals surface area contributed by atoms with E-state index in [4.69, 9.17) is 0 Å². The number of hydrogen-bond acceptors (Lipinski definition) is 2. The van der Waals surface area contributed by atoms with Crippen molar-refractivity contribution in [2.24, 2.45) is 0 Å². The molecule has 1 aromatic carbocycles. The van der Waals surface area contributed by atoms with Crippen LogP contribution in [0.4, 0.5) is 0 Å². The Balaban J connectivity index is 2.07. The van der Waals surface area contributed by atoms with Gasteiger partial charge in [-0.3, -0.25) is 9.59 Å². The fraction of sp³-hybridized carbons (Fsp3) is 0.385. The number of benzene rings is 1. The second-order valence-corrected chi connectivity index (χ2v) is 5.41. The average molecular weight is 312 g/mol. The Bertz CT molecular complexity index is 471. The van der Waals surface area contributed by atoms with Crippen LogP contribution in [-0.2, 0) is 9.59 Å². The van der Waals surface area contributed by atoms with Crippen molar-refractivity contribution >= 4 is 27.8 Å². The maximum Gasteiger partial charge on any atom is 0.311 e. The molecular formula is C13H14BrNO3. The molecule has 4 nitrogen and oxygen atoms in total. The van der Waals surface area contributed by atoms with E-state index in [1.165, 1.54) is 0 Å². The first kappa shape index (κ1) is 13.1. The molecule has 1 aromatic rings. The van der Waals surface area contributed by atoms with Gasteiger partial charge in [0.2, 0.25) is 5.91 Å². The lowest BCUT2D eigenvalue weighted by Crippen LogP contribution is -2.29. The molecule has 1 amide bonds. The number of halogens is 1. The summed E-state index contributed by atoms with van der Waals surface area (Å²) in [6.45, 7) is 0. The highest BCUT2D eigenvalue weighted by Crippen LogP contribution is 2.24. The Labute approximate surface area is 114 Å². The van der Waals surface area contributed by atoms with E-state index in [1.54, 1.807) is 18.2 Å². The van der Waals surface area contributed by atoms with Gasteiger partial charge in [-0.15, -0.1) is 0 Å². The number of nitrogens with one attached hydrogen (secondary N) is 1. The highest BCUT2D eigenvalue weighted by molar-refractivity contribution is 9.10. The lowest BCUT2D eigenvalue weighted by molar-refractivity contribution is -0.140. The van der Waals surface area contributed by atoms with Crippen molar-refractivity contribution < 1.29 is 14.7 Å². The number of amides is 1. The predicted molar refractivity (Wildman–Crippen MR) is 70.3 cm³/mol. The predicted octanol–water partition coefficient (Wildman–Crippen LogP) is 2.29. The van der Waals surface area contributed by atoms with Crippen LogP contribution >= 0.6 is 15.9 Å². The van der Waals surface area contributed by atoms with E-state index < -0.39 is 11.9 Å². The number of carbonyl (C=O) groups is 2. The molecule has 0 bridgehead atoms. The number of rotatable bonds is 5. The quantitative estimate of drug-likeness (QED) is 0.876. The van der Waals surface area contributed by atoms with E-state index in [9.17, 15) is 14.7 Å². The number of hydrogen-bond donors (Lipinski definition) is 2. The number of aliphatic carboxylic acids is 1. The summed E-state index contributed by atoms with van der Waals surface area (Å²) < 4.78 is 0.814. The molecule has 2 N–H and O–H groups in total. The number of carboxylic acids is 1. The summed E-state index contributed by atoms with van der Waals surface area (Å²) in [4.78, 5) is 22.9. The first-order valence-corrected chi connectivity index (χ1v) is 6.63. The number of carbonyl (C=O) groups excluding carboxylic acids is 1. The van der Waals surface area contributed by atoms with E-state index in [1.807, 2.05) is 6.07 Å². The van der Waals surface area contributed by atoms with Crippen molar-refractivity contribution in [3.8, 4) is 0 Å². The zero-order valence-corrected chi connectivity index (χ0v) is 11.3. The third-order valence-electron chi connectivity index (χ3n) is 2.88. The summed E-state index contributed by atoms with van der Waals surface area (Å²) >= 11 is 3.30. The Morgan fingerprint density at radius 1 is 1.44 bits per heavy atom. The molecule has 1 atom stereocenters.